The SMILES string of the molecule is COCCN1C(=O)C(CC(=O)O)NC1=S. The number of amides is 1. The molecule has 6 nitrogen and oxygen atoms in total. The number of nitrogens with one attached hydrogen (secondary N) is 1. The van der Waals surface area contributed by atoms with Crippen LogP contribution in [0, 0.1) is 0 Å². The lowest BCUT2D eigenvalue weighted by molar-refractivity contribution is -0.140. The van der Waals surface area contributed by atoms with Crippen molar-refractivity contribution in [2.75, 3.05) is 20.3 Å². The summed E-state index contributed by atoms with van der Waals surface area (Å²) in [6.45, 7) is 0.713. The number of hydrogen-bond donors (Lipinski definition) is 2. The third kappa shape index (κ3) is 2.87. The maximum absolute atomic E-state index is 11.6. The van der Waals surface area contributed by atoms with Crippen LogP contribution >= 0.6 is 12.2 Å². The first-order valence-electron chi connectivity index (χ1n) is 4.39. The highest BCUT2D eigenvalue weighted by Gasteiger charge is 2.36. The van der Waals surface area contributed by atoms with E-state index in [-0.39, 0.29) is 17.4 Å². The van der Waals surface area contributed by atoms with E-state index in [2.05, 4.69) is 5.32 Å². The van der Waals surface area contributed by atoms with Gasteiger partial charge in [-0.1, -0.05) is 0 Å². The molecular weight excluding hydrogens is 220 g/mol. The van der Waals surface area contributed by atoms with E-state index < -0.39 is 12.0 Å². The third-order valence-corrected chi connectivity index (χ3v) is 2.34. The first kappa shape index (κ1) is 11.9. The Hall–Kier alpha value is -1.21. The molecule has 0 aliphatic carbocycles. The number of nitrogens with zero attached hydrogens (tertiary/aromatic N) is 1. The highest BCUT2D eigenvalue weighted by molar-refractivity contribution is 7.80. The van der Waals surface area contributed by atoms with Crippen molar-refractivity contribution < 1.29 is 19.4 Å². The average molecular weight is 232 g/mol. The average Bonchev–Trinajstić information content (AvgIpc) is 2.39. The number of aliphatic carboxylic acids is 1. The second-order valence-corrected chi connectivity index (χ2v) is 3.47. The summed E-state index contributed by atoms with van der Waals surface area (Å²) in [6.07, 6.45) is -0.261. The second-order valence-electron chi connectivity index (χ2n) is 3.08. The summed E-state index contributed by atoms with van der Waals surface area (Å²) in [6, 6.07) is -0.744. The fourth-order valence-corrected chi connectivity index (χ4v) is 1.61. The molecule has 0 radical (unpaired) electrons. The molecular formula is C8H12N2O4S. The van der Waals surface area contributed by atoms with Gasteiger partial charge in [0.1, 0.15) is 6.04 Å². The topological polar surface area (TPSA) is 78.9 Å². The van der Waals surface area contributed by atoms with Gasteiger partial charge in [0.25, 0.3) is 5.91 Å². The number of rotatable bonds is 5. The Morgan fingerprint density at radius 1 is 1.73 bits per heavy atom. The van der Waals surface area contributed by atoms with E-state index in [9.17, 15) is 9.59 Å². The van der Waals surface area contributed by atoms with Gasteiger partial charge in [0, 0.05) is 7.11 Å². The second kappa shape index (κ2) is 5.04. The molecule has 2 N–H and O–H groups in total. The maximum atomic E-state index is 11.6. The van der Waals surface area contributed by atoms with E-state index in [1.807, 2.05) is 0 Å². The van der Waals surface area contributed by atoms with Crippen molar-refractivity contribution in [2.45, 2.75) is 12.5 Å². The van der Waals surface area contributed by atoms with Gasteiger partial charge in [0.15, 0.2) is 5.11 Å². The highest BCUT2D eigenvalue weighted by Crippen LogP contribution is 2.09. The molecule has 1 aliphatic rings. The highest BCUT2D eigenvalue weighted by atomic mass is 32.1. The fraction of sp³-hybridized carbons (Fsp3) is 0.625. The molecule has 0 aromatic heterocycles. The minimum atomic E-state index is -1.03. The van der Waals surface area contributed by atoms with Gasteiger partial charge in [-0.15, -0.1) is 0 Å². The van der Waals surface area contributed by atoms with Gasteiger partial charge in [-0.25, -0.2) is 0 Å². The third-order valence-electron chi connectivity index (χ3n) is 2.00. The van der Waals surface area contributed by atoms with Gasteiger partial charge in [-0.3, -0.25) is 14.5 Å². The lowest BCUT2D eigenvalue weighted by Crippen LogP contribution is -2.34. The molecule has 15 heavy (non-hydrogen) atoms. The Balaban J connectivity index is 2.58. The Morgan fingerprint density at radius 2 is 2.40 bits per heavy atom. The van der Waals surface area contributed by atoms with E-state index in [1.165, 1.54) is 12.0 Å². The van der Waals surface area contributed by atoms with Crippen LogP contribution in [-0.2, 0) is 14.3 Å². The number of carbonyl (C=O) groups excluding carboxylic acids is 1. The summed E-state index contributed by atoms with van der Waals surface area (Å²) < 4.78 is 4.82. The summed E-state index contributed by atoms with van der Waals surface area (Å²) in [7, 11) is 1.52. The summed E-state index contributed by atoms with van der Waals surface area (Å²) in [4.78, 5) is 23.4. The Labute approximate surface area is 92.2 Å². The summed E-state index contributed by atoms with van der Waals surface area (Å²) >= 11 is 4.91. The lowest BCUT2D eigenvalue weighted by atomic mass is 10.2. The van der Waals surface area contributed by atoms with E-state index >= 15 is 0 Å². The molecule has 1 rings (SSSR count). The van der Waals surface area contributed by atoms with Crippen molar-refractivity contribution in [3.63, 3.8) is 0 Å². The molecule has 1 atom stereocenters. The van der Waals surface area contributed by atoms with Crippen molar-refractivity contribution in [1.82, 2.24) is 10.2 Å². The van der Waals surface area contributed by atoms with Gasteiger partial charge in [-0.2, -0.15) is 0 Å². The van der Waals surface area contributed by atoms with E-state index in [1.54, 1.807) is 0 Å². The van der Waals surface area contributed by atoms with Crippen molar-refractivity contribution in [2.24, 2.45) is 0 Å². The van der Waals surface area contributed by atoms with Gasteiger partial charge in [-0.05, 0) is 12.2 Å². The van der Waals surface area contributed by atoms with Crippen LogP contribution in [0.15, 0.2) is 0 Å². The van der Waals surface area contributed by atoms with Crippen LogP contribution < -0.4 is 5.32 Å². The van der Waals surface area contributed by atoms with Crippen LogP contribution in [0.3, 0.4) is 0 Å². The number of ether oxygens (including phenoxy) is 1. The number of hydrogen-bond acceptors (Lipinski definition) is 4. The van der Waals surface area contributed by atoms with E-state index in [4.69, 9.17) is 22.1 Å². The van der Waals surface area contributed by atoms with Crippen molar-refractivity contribution in [3.05, 3.63) is 0 Å². The Kier molecular flexibility index (Phi) is 3.98. The first-order chi connectivity index (χ1) is 7.06. The monoisotopic (exact) mass is 232 g/mol. The first-order valence-corrected chi connectivity index (χ1v) is 4.79. The van der Waals surface area contributed by atoms with Gasteiger partial charge in [0.2, 0.25) is 0 Å². The summed E-state index contributed by atoms with van der Waals surface area (Å²) in [5.41, 5.74) is 0. The normalized spacial score (nSPS) is 20.6. The van der Waals surface area contributed by atoms with Crippen LogP contribution in [-0.4, -0.2) is 53.3 Å². The number of carboxylic acid groups (broad SMARTS) is 1. The molecule has 1 heterocycles. The van der Waals surface area contributed by atoms with Crippen LogP contribution in [0.25, 0.3) is 0 Å². The number of carboxylic acids is 1. The number of thiocarbonyl (C=S) groups is 1. The molecule has 0 aromatic rings. The zero-order chi connectivity index (χ0) is 11.4. The van der Waals surface area contributed by atoms with Crippen molar-refractivity contribution in [1.29, 1.82) is 0 Å². The quantitative estimate of drug-likeness (QED) is 0.604. The van der Waals surface area contributed by atoms with E-state index in [0.29, 0.717) is 13.2 Å². The predicted octanol–water partition coefficient (Wildman–Crippen LogP) is -0.807. The standard InChI is InChI=1S/C8H12N2O4S/c1-14-3-2-10-7(13)5(4-6(11)12)9-8(10)15/h5H,2-4H2,1H3,(H,9,15)(H,11,12). The minimum absolute atomic E-state index is 0.261. The van der Waals surface area contributed by atoms with Crippen LogP contribution in [0.5, 0.6) is 0 Å². The lowest BCUT2D eigenvalue weighted by Gasteiger charge is -2.13. The zero-order valence-corrected chi connectivity index (χ0v) is 9.04. The molecule has 1 unspecified atom stereocenters. The van der Waals surface area contributed by atoms with Crippen LogP contribution in [0.4, 0.5) is 0 Å². The molecule has 1 aliphatic heterocycles. The fourth-order valence-electron chi connectivity index (χ4n) is 1.28. The zero-order valence-electron chi connectivity index (χ0n) is 8.23. The van der Waals surface area contributed by atoms with Gasteiger partial charge in [0.05, 0.1) is 19.6 Å². The molecule has 84 valence electrons. The molecule has 0 bridgehead atoms. The van der Waals surface area contributed by atoms with Crippen LogP contribution in [0.2, 0.25) is 0 Å². The predicted molar refractivity (Wildman–Crippen MR) is 55.4 cm³/mol. The molecule has 1 saturated heterocycles. The number of methoxy groups -OCH3 is 1. The molecule has 1 fully saturated rings. The van der Waals surface area contributed by atoms with Crippen LogP contribution in [0.1, 0.15) is 6.42 Å². The smallest absolute Gasteiger partial charge is 0.305 e. The molecule has 0 spiro atoms. The van der Waals surface area contributed by atoms with E-state index in [0.717, 1.165) is 0 Å². The Morgan fingerprint density at radius 3 is 2.93 bits per heavy atom. The molecule has 0 aromatic carbocycles. The van der Waals surface area contributed by atoms with Gasteiger partial charge < -0.3 is 15.2 Å². The summed E-state index contributed by atoms with van der Waals surface area (Å²) in [5.74, 6) is -1.34. The molecule has 0 saturated carbocycles. The Bertz CT molecular complexity index is 294. The summed E-state index contributed by atoms with van der Waals surface area (Å²) in [5, 5.41) is 11.5. The van der Waals surface area contributed by atoms with Crippen molar-refractivity contribution >= 4 is 29.2 Å². The molecule has 7 heteroatoms. The molecule has 1 amide bonds. The van der Waals surface area contributed by atoms with Gasteiger partial charge >= 0.3 is 5.97 Å². The van der Waals surface area contributed by atoms with Crippen molar-refractivity contribution in [3.8, 4) is 0 Å². The maximum Gasteiger partial charge on any atom is 0.305 e. The minimum Gasteiger partial charge on any atom is -0.481 e. The largest absolute Gasteiger partial charge is 0.481 e. The number of carbonyl (C=O) groups is 2.